The molecule has 0 spiro atoms. The number of para-hydroxylation sites is 1. The number of H-pyrrole nitrogens is 1. The van der Waals surface area contributed by atoms with Crippen molar-refractivity contribution < 1.29 is 9.59 Å². The number of amides is 2. The molecular formula is C23H27N3O2S. The minimum atomic E-state index is -0.344. The van der Waals surface area contributed by atoms with Gasteiger partial charge in [-0.2, -0.15) is 0 Å². The quantitative estimate of drug-likeness (QED) is 0.639. The van der Waals surface area contributed by atoms with Gasteiger partial charge in [-0.15, -0.1) is 11.3 Å². The van der Waals surface area contributed by atoms with Crippen molar-refractivity contribution in [2.45, 2.75) is 44.6 Å². The van der Waals surface area contributed by atoms with Crippen LogP contribution in [0.4, 0.5) is 0 Å². The van der Waals surface area contributed by atoms with Crippen molar-refractivity contribution in [1.82, 2.24) is 15.2 Å². The number of hydrogen-bond donors (Lipinski definition) is 2. The van der Waals surface area contributed by atoms with Crippen LogP contribution >= 0.6 is 11.3 Å². The van der Waals surface area contributed by atoms with Gasteiger partial charge in [-0.3, -0.25) is 9.59 Å². The highest BCUT2D eigenvalue weighted by Crippen LogP contribution is 2.33. The number of piperidine rings is 1. The molecule has 2 atom stereocenters. The van der Waals surface area contributed by atoms with Gasteiger partial charge in [-0.25, -0.2) is 0 Å². The molecule has 0 bridgehead atoms. The summed E-state index contributed by atoms with van der Waals surface area (Å²) in [7, 11) is 0. The molecule has 0 saturated carbocycles. The maximum Gasteiger partial charge on any atom is 0.242 e. The highest BCUT2D eigenvalue weighted by atomic mass is 32.1. The molecule has 4 rings (SSSR count). The fourth-order valence-electron chi connectivity index (χ4n) is 4.26. The summed E-state index contributed by atoms with van der Waals surface area (Å²) in [5.41, 5.74) is 2.29. The third kappa shape index (κ3) is 4.08. The first-order valence-corrected chi connectivity index (χ1v) is 11.2. The van der Waals surface area contributed by atoms with E-state index in [-0.39, 0.29) is 23.8 Å². The Labute approximate surface area is 175 Å². The molecule has 0 aliphatic carbocycles. The van der Waals surface area contributed by atoms with E-state index in [0.717, 1.165) is 24.8 Å². The molecule has 2 amide bonds. The summed E-state index contributed by atoms with van der Waals surface area (Å²) >= 11 is 1.70. The number of benzene rings is 1. The molecule has 1 aromatic carbocycles. The number of aromatic amines is 1. The van der Waals surface area contributed by atoms with E-state index in [1.165, 1.54) is 15.8 Å². The third-order valence-corrected chi connectivity index (χ3v) is 6.78. The Morgan fingerprint density at radius 3 is 2.90 bits per heavy atom. The molecule has 1 aliphatic rings. The summed E-state index contributed by atoms with van der Waals surface area (Å²) in [5.74, 6) is 0.109. The van der Waals surface area contributed by atoms with Gasteiger partial charge < -0.3 is 15.2 Å². The second-order valence-electron chi connectivity index (χ2n) is 7.56. The first kappa shape index (κ1) is 19.7. The molecule has 29 heavy (non-hydrogen) atoms. The van der Waals surface area contributed by atoms with Crippen LogP contribution in [0.25, 0.3) is 10.9 Å². The molecule has 3 heterocycles. The predicted molar refractivity (Wildman–Crippen MR) is 117 cm³/mol. The lowest BCUT2D eigenvalue weighted by Crippen LogP contribution is -2.52. The van der Waals surface area contributed by atoms with E-state index in [1.54, 1.807) is 16.2 Å². The second kappa shape index (κ2) is 8.82. The highest BCUT2D eigenvalue weighted by Gasteiger charge is 2.32. The topological polar surface area (TPSA) is 65.2 Å². The monoisotopic (exact) mass is 409 g/mol. The average Bonchev–Trinajstić information content (AvgIpc) is 3.44. The van der Waals surface area contributed by atoms with Crippen LogP contribution in [-0.2, 0) is 9.59 Å². The van der Waals surface area contributed by atoms with Gasteiger partial charge in [0.1, 0.15) is 6.04 Å². The smallest absolute Gasteiger partial charge is 0.242 e. The number of fused-ring (bicyclic) bond motifs is 1. The minimum absolute atomic E-state index is 0.0344. The van der Waals surface area contributed by atoms with Crippen molar-refractivity contribution in [3.63, 3.8) is 0 Å². The van der Waals surface area contributed by atoms with Crippen LogP contribution in [0, 0.1) is 0 Å². The predicted octanol–water partition coefficient (Wildman–Crippen LogP) is 4.27. The number of aromatic nitrogens is 1. The summed E-state index contributed by atoms with van der Waals surface area (Å²) in [4.78, 5) is 31.7. The molecule has 3 aromatic rings. The summed E-state index contributed by atoms with van der Waals surface area (Å²) in [6, 6.07) is 12.1. The molecular weight excluding hydrogens is 382 g/mol. The Balaban J connectivity index is 1.54. The van der Waals surface area contributed by atoms with Crippen LogP contribution in [0.2, 0.25) is 0 Å². The summed E-state index contributed by atoms with van der Waals surface area (Å²) in [5, 5.41) is 6.41. The van der Waals surface area contributed by atoms with E-state index in [9.17, 15) is 9.59 Å². The fourth-order valence-corrected chi connectivity index (χ4v) is 5.11. The van der Waals surface area contributed by atoms with Gasteiger partial charge in [0.2, 0.25) is 11.8 Å². The highest BCUT2D eigenvalue weighted by molar-refractivity contribution is 7.10. The van der Waals surface area contributed by atoms with Crippen molar-refractivity contribution >= 4 is 34.1 Å². The summed E-state index contributed by atoms with van der Waals surface area (Å²) in [6.07, 6.45) is 5.20. The van der Waals surface area contributed by atoms with Crippen molar-refractivity contribution in [2.24, 2.45) is 0 Å². The molecule has 0 radical (unpaired) electrons. The number of carbonyl (C=O) groups is 2. The molecule has 6 heteroatoms. The fraction of sp³-hybridized carbons (Fsp3) is 0.391. The summed E-state index contributed by atoms with van der Waals surface area (Å²) in [6.45, 7) is 3.06. The Morgan fingerprint density at radius 1 is 1.24 bits per heavy atom. The van der Waals surface area contributed by atoms with E-state index >= 15 is 0 Å². The van der Waals surface area contributed by atoms with Crippen LogP contribution in [0.5, 0.6) is 0 Å². The van der Waals surface area contributed by atoms with Gasteiger partial charge in [0.05, 0.1) is 0 Å². The molecule has 152 valence electrons. The lowest BCUT2D eigenvalue weighted by Gasteiger charge is -2.35. The van der Waals surface area contributed by atoms with E-state index in [1.807, 2.05) is 25.1 Å². The summed E-state index contributed by atoms with van der Waals surface area (Å²) < 4.78 is 0. The number of carbonyl (C=O) groups excluding carboxylic acids is 2. The lowest BCUT2D eigenvalue weighted by molar-refractivity contribution is -0.142. The van der Waals surface area contributed by atoms with Gasteiger partial charge in [0.25, 0.3) is 0 Å². The second-order valence-corrected chi connectivity index (χ2v) is 8.53. The van der Waals surface area contributed by atoms with Crippen molar-refractivity contribution in [1.29, 1.82) is 0 Å². The number of nitrogens with zero attached hydrogens (tertiary/aromatic N) is 1. The van der Waals surface area contributed by atoms with E-state index in [4.69, 9.17) is 0 Å². The van der Waals surface area contributed by atoms with Gasteiger partial charge in [0.15, 0.2) is 0 Å². The molecule has 1 aliphatic heterocycles. The number of rotatable bonds is 6. The van der Waals surface area contributed by atoms with Crippen LogP contribution in [0.15, 0.2) is 48.0 Å². The van der Waals surface area contributed by atoms with E-state index in [2.05, 4.69) is 40.1 Å². The number of thiophene rings is 1. The van der Waals surface area contributed by atoms with E-state index < -0.39 is 0 Å². The molecule has 2 aromatic heterocycles. The van der Waals surface area contributed by atoms with Gasteiger partial charge in [0, 0.05) is 47.4 Å². The SMILES string of the molecule is CCC(=O)N1CCCCC1C(=O)NCC(c1cccs1)c1c[nH]c2ccccc12. The number of hydrogen-bond acceptors (Lipinski definition) is 3. The Morgan fingerprint density at radius 2 is 2.10 bits per heavy atom. The van der Waals surface area contributed by atoms with Crippen molar-refractivity contribution in [3.8, 4) is 0 Å². The minimum Gasteiger partial charge on any atom is -0.361 e. The first-order valence-electron chi connectivity index (χ1n) is 10.4. The van der Waals surface area contributed by atoms with Crippen LogP contribution < -0.4 is 5.32 Å². The molecule has 2 unspecified atom stereocenters. The molecule has 1 fully saturated rings. The maximum absolute atomic E-state index is 13.0. The van der Waals surface area contributed by atoms with Crippen LogP contribution in [0.1, 0.15) is 49.0 Å². The van der Waals surface area contributed by atoms with Crippen molar-refractivity contribution in [3.05, 3.63) is 58.4 Å². The Kier molecular flexibility index (Phi) is 6.00. The third-order valence-electron chi connectivity index (χ3n) is 5.79. The average molecular weight is 410 g/mol. The van der Waals surface area contributed by atoms with Gasteiger partial charge >= 0.3 is 0 Å². The molecule has 2 N–H and O–H groups in total. The Hall–Kier alpha value is -2.60. The molecule has 5 nitrogen and oxygen atoms in total. The standard InChI is InChI=1S/C23H27N3O2S/c1-2-22(27)26-12-6-5-10-20(26)23(28)25-15-18(21-11-7-13-29-21)17-14-24-19-9-4-3-8-16(17)19/h3-4,7-9,11,13-14,18,20,24H,2,5-6,10,12,15H2,1H3,(H,25,28). The maximum atomic E-state index is 13.0. The van der Waals surface area contributed by atoms with Gasteiger partial charge in [-0.05, 0) is 42.3 Å². The first-order chi connectivity index (χ1) is 14.2. The Bertz CT molecular complexity index is 979. The zero-order valence-corrected chi connectivity index (χ0v) is 17.5. The molecule has 1 saturated heterocycles. The lowest BCUT2D eigenvalue weighted by atomic mass is 9.96. The van der Waals surface area contributed by atoms with Gasteiger partial charge in [-0.1, -0.05) is 31.2 Å². The van der Waals surface area contributed by atoms with Crippen molar-refractivity contribution in [2.75, 3.05) is 13.1 Å². The van der Waals surface area contributed by atoms with Crippen LogP contribution in [-0.4, -0.2) is 40.8 Å². The number of likely N-dealkylation sites (tertiary alicyclic amines) is 1. The zero-order chi connectivity index (χ0) is 20.2. The number of nitrogens with one attached hydrogen (secondary N) is 2. The largest absolute Gasteiger partial charge is 0.361 e. The van der Waals surface area contributed by atoms with E-state index in [0.29, 0.717) is 19.5 Å². The normalized spacial score (nSPS) is 18.0. The zero-order valence-electron chi connectivity index (χ0n) is 16.7. The van der Waals surface area contributed by atoms with Crippen LogP contribution in [0.3, 0.4) is 0 Å².